The molecule has 0 bridgehead atoms. The van der Waals surface area contributed by atoms with E-state index < -0.39 is 11.6 Å². The molecule has 0 radical (unpaired) electrons. The fourth-order valence-electron chi connectivity index (χ4n) is 3.15. The Labute approximate surface area is 194 Å². The Morgan fingerprint density at radius 2 is 1.61 bits per heavy atom. The molecule has 168 valence electrons. The molecule has 0 heterocycles. The van der Waals surface area contributed by atoms with Crippen LogP contribution in [-0.2, 0) is 16.1 Å². The summed E-state index contributed by atoms with van der Waals surface area (Å²) < 4.78 is 5.75. The lowest BCUT2D eigenvalue weighted by atomic mass is 10.1. The van der Waals surface area contributed by atoms with Crippen molar-refractivity contribution in [3.63, 3.8) is 0 Å². The highest BCUT2D eigenvalue weighted by Crippen LogP contribution is 2.27. The second-order valence-corrected chi connectivity index (χ2v) is 9.56. The third-order valence-corrected chi connectivity index (χ3v) is 5.32. The van der Waals surface area contributed by atoms with Gasteiger partial charge in [0.15, 0.2) is 6.61 Å². The molecule has 0 fully saturated rings. The van der Waals surface area contributed by atoms with E-state index in [4.69, 9.17) is 27.9 Å². The maximum absolute atomic E-state index is 13.2. The molecule has 0 unspecified atom stereocenters. The summed E-state index contributed by atoms with van der Waals surface area (Å²) in [5, 5.41) is 3.79. The molecular weight excluding hydrogens is 435 g/mol. The Morgan fingerprint density at radius 3 is 2.13 bits per heavy atom. The van der Waals surface area contributed by atoms with E-state index in [0.29, 0.717) is 21.4 Å². The first-order valence-electron chi connectivity index (χ1n) is 10.1. The molecule has 31 heavy (non-hydrogen) atoms. The maximum atomic E-state index is 13.2. The molecule has 1 atom stereocenters. The lowest BCUT2D eigenvalue weighted by Crippen LogP contribution is -2.53. The summed E-state index contributed by atoms with van der Waals surface area (Å²) in [5.74, 6) is -0.00416. The number of benzene rings is 2. The van der Waals surface area contributed by atoms with Crippen molar-refractivity contribution in [1.29, 1.82) is 0 Å². The van der Waals surface area contributed by atoms with Crippen LogP contribution in [0.25, 0.3) is 0 Å². The molecule has 2 aromatic carbocycles. The Bertz CT molecular complexity index is 914. The number of hydrogen-bond acceptors (Lipinski definition) is 3. The number of hydrogen-bond donors (Lipinski definition) is 1. The lowest BCUT2D eigenvalue weighted by molar-refractivity contribution is -0.142. The second kappa shape index (κ2) is 10.4. The zero-order chi connectivity index (χ0) is 23.3. The average Bonchev–Trinajstić information content (AvgIpc) is 2.63. The smallest absolute Gasteiger partial charge is 0.261 e. The summed E-state index contributed by atoms with van der Waals surface area (Å²) in [6.45, 7) is 11.1. The van der Waals surface area contributed by atoms with Gasteiger partial charge in [-0.05, 0) is 76.9 Å². The van der Waals surface area contributed by atoms with Gasteiger partial charge in [0.2, 0.25) is 5.91 Å². The number of aryl methyl sites for hydroxylation is 2. The van der Waals surface area contributed by atoms with Crippen LogP contribution in [0.5, 0.6) is 5.75 Å². The third kappa shape index (κ3) is 7.44. The van der Waals surface area contributed by atoms with Crippen LogP contribution in [0.15, 0.2) is 36.4 Å². The maximum Gasteiger partial charge on any atom is 0.261 e. The molecule has 2 aromatic rings. The SMILES string of the molecule is Cc1cc(C)cc(OCC(=O)N(Cc2c(Cl)cccc2Cl)[C@@H](C)C(=O)NC(C)(C)C)c1. The van der Waals surface area contributed by atoms with Gasteiger partial charge < -0.3 is 15.0 Å². The van der Waals surface area contributed by atoms with E-state index in [0.717, 1.165) is 11.1 Å². The Hall–Kier alpha value is -2.24. The van der Waals surface area contributed by atoms with E-state index in [9.17, 15) is 9.59 Å². The van der Waals surface area contributed by atoms with E-state index in [1.54, 1.807) is 25.1 Å². The minimum Gasteiger partial charge on any atom is -0.484 e. The molecule has 0 saturated heterocycles. The van der Waals surface area contributed by atoms with Crippen molar-refractivity contribution in [3.8, 4) is 5.75 Å². The Balaban J connectivity index is 2.27. The monoisotopic (exact) mass is 464 g/mol. The first-order valence-corrected chi connectivity index (χ1v) is 10.9. The molecule has 0 aliphatic carbocycles. The largest absolute Gasteiger partial charge is 0.484 e. The van der Waals surface area contributed by atoms with Crippen molar-refractivity contribution in [1.82, 2.24) is 10.2 Å². The van der Waals surface area contributed by atoms with Gasteiger partial charge in [0.25, 0.3) is 5.91 Å². The predicted octanol–water partition coefficient (Wildman–Crippen LogP) is 5.32. The molecule has 7 heteroatoms. The van der Waals surface area contributed by atoms with Crippen molar-refractivity contribution < 1.29 is 14.3 Å². The topological polar surface area (TPSA) is 58.6 Å². The highest BCUT2D eigenvalue weighted by Gasteiger charge is 2.29. The normalized spacial score (nSPS) is 12.3. The summed E-state index contributed by atoms with van der Waals surface area (Å²) in [6, 6.07) is 10.2. The van der Waals surface area contributed by atoms with E-state index in [1.165, 1.54) is 4.90 Å². The fraction of sp³-hybridized carbons (Fsp3) is 0.417. The van der Waals surface area contributed by atoms with Crippen molar-refractivity contribution in [2.24, 2.45) is 0 Å². The van der Waals surface area contributed by atoms with E-state index >= 15 is 0 Å². The molecule has 2 rings (SSSR count). The number of nitrogens with one attached hydrogen (secondary N) is 1. The van der Waals surface area contributed by atoms with Gasteiger partial charge in [-0.2, -0.15) is 0 Å². The van der Waals surface area contributed by atoms with Crippen LogP contribution in [0, 0.1) is 13.8 Å². The third-order valence-electron chi connectivity index (χ3n) is 4.61. The summed E-state index contributed by atoms with van der Waals surface area (Å²) in [5.41, 5.74) is 2.23. The van der Waals surface area contributed by atoms with Gasteiger partial charge in [-0.25, -0.2) is 0 Å². The van der Waals surface area contributed by atoms with Crippen molar-refractivity contribution in [2.45, 2.75) is 59.7 Å². The van der Waals surface area contributed by atoms with Gasteiger partial charge >= 0.3 is 0 Å². The van der Waals surface area contributed by atoms with Gasteiger partial charge in [0, 0.05) is 27.7 Å². The van der Waals surface area contributed by atoms with E-state index in [-0.39, 0.29) is 25.0 Å². The molecule has 2 amide bonds. The standard InChI is InChI=1S/C24H30Cl2N2O3/c1-15-10-16(2)12-18(11-15)31-14-22(29)28(17(3)23(30)27-24(4,5)6)13-19-20(25)8-7-9-21(19)26/h7-12,17H,13-14H2,1-6H3,(H,27,30)/t17-/m0/s1. The van der Waals surface area contributed by atoms with Gasteiger partial charge in [-0.1, -0.05) is 35.3 Å². The summed E-state index contributed by atoms with van der Waals surface area (Å²) in [4.78, 5) is 27.4. The van der Waals surface area contributed by atoms with Crippen molar-refractivity contribution in [3.05, 3.63) is 63.1 Å². The molecule has 1 N–H and O–H groups in total. The summed E-state index contributed by atoms with van der Waals surface area (Å²) in [7, 11) is 0. The number of carbonyl (C=O) groups is 2. The molecule has 0 aliphatic rings. The minimum atomic E-state index is -0.748. The Kier molecular flexibility index (Phi) is 8.38. The molecule has 0 spiro atoms. The van der Waals surface area contributed by atoms with Crippen LogP contribution >= 0.6 is 23.2 Å². The van der Waals surface area contributed by atoms with E-state index in [1.807, 2.05) is 52.8 Å². The number of nitrogens with zero attached hydrogens (tertiary/aromatic N) is 1. The number of halogens is 2. The number of ether oxygens (including phenoxy) is 1. The van der Waals surface area contributed by atoms with Gasteiger partial charge in [0.05, 0.1) is 0 Å². The number of carbonyl (C=O) groups excluding carboxylic acids is 2. The predicted molar refractivity (Wildman–Crippen MR) is 126 cm³/mol. The minimum absolute atomic E-state index is 0.0896. The second-order valence-electron chi connectivity index (χ2n) is 8.75. The van der Waals surface area contributed by atoms with Crippen LogP contribution in [0.2, 0.25) is 10.0 Å². The molecule has 0 aliphatic heterocycles. The average molecular weight is 465 g/mol. The summed E-state index contributed by atoms with van der Waals surface area (Å²) >= 11 is 12.6. The van der Waals surface area contributed by atoms with Crippen LogP contribution in [0.4, 0.5) is 0 Å². The quantitative estimate of drug-likeness (QED) is 0.602. The molecule has 5 nitrogen and oxygen atoms in total. The van der Waals surface area contributed by atoms with Crippen LogP contribution in [0.1, 0.15) is 44.4 Å². The molecular formula is C24H30Cl2N2O3. The first kappa shape index (κ1) is 25.0. The lowest BCUT2D eigenvalue weighted by Gasteiger charge is -2.31. The highest BCUT2D eigenvalue weighted by molar-refractivity contribution is 6.36. The van der Waals surface area contributed by atoms with Crippen LogP contribution in [-0.4, -0.2) is 34.9 Å². The highest BCUT2D eigenvalue weighted by atomic mass is 35.5. The zero-order valence-electron chi connectivity index (χ0n) is 18.9. The Morgan fingerprint density at radius 1 is 1.06 bits per heavy atom. The van der Waals surface area contributed by atoms with Crippen molar-refractivity contribution in [2.75, 3.05) is 6.61 Å². The van der Waals surface area contributed by atoms with Gasteiger partial charge in [-0.3, -0.25) is 9.59 Å². The molecule has 0 aromatic heterocycles. The van der Waals surface area contributed by atoms with Crippen LogP contribution < -0.4 is 10.1 Å². The van der Waals surface area contributed by atoms with E-state index in [2.05, 4.69) is 5.32 Å². The molecule has 0 saturated carbocycles. The number of amides is 2. The van der Waals surface area contributed by atoms with Crippen LogP contribution in [0.3, 0.4) is 0 Å². The first-order chi connectivity index (χ1) is 14.4. The van der Waals surface area contributed by atoms with Gasteiger partial charge in [0.1, 0.15) is 11.8 Å². The zero-order valence-corrected chi connectivity index (χ0v) is 20.4. The summed E-state index contributed by atoms with van der Waals surface area (Å²) in [6.07, 6.45) is 0. The fourth-order valence-corrected chi connectivity index (χ4v) is 3.67. The van der Waals surface area contributed by atoms with Crippen molar-refractivity contribution >= 4 is 35.0 Å². The van der Waals surface area contributed by atoms with Gasteiger partial charge in [-0.15, -0.1) is 0 Å². The number of rotatable bonds is 7.